The fourth-order valence-corrected chi connectivity index (χ4v) is 1.98. The van der Waals surface area contributed by atoms with Crippen molar-refractivity contribution in [3.63, 3.8) is 0 Å². The predicted octanol–water partition coefficient (Wildman–Crippen LogP) is 0.385. The summed E-state index contributed by atoms with van der Waals surface area (Å²) < 4.78 is 1.57. The van der Waals surface area contributed by atoms with E-state index in [0.717, 1.165) is 18.7 Å². The summed E-state index contributed by atoms with van der Waals surface area (Å²) in [7, 11) is 0. The number of nitrogens with one attached hydrogen (secondary N) is 2. The molecular formula is C11H14N4O2. The van der Waals surface area contributed by atoms with Crippen molar-refractivity contribution in [2.45, 2.75) is 32.7 Å². The number of nitrogens with zero attached hydrogens (tertiary/aromatic N) is 2. The molecule has 1 saturated carbocycles. The van der Waals surface area contributed by atoms with Crippen molar-refractivity contribution in [2.75, 3.05) is 0 Å². The normalized spacial score (nSPS) is 15.6. The van der Waals surface area contributed by atoms with E-state index >= 15 is 0 Å². The van der Waals surface area contributed by atoms with E-state index in [1.54, 1.807) is 4.57 Å². The van der Waals surface area contributed by atoms with Crippen LogP contribution in [0.4, 0.5) is 0 Å². The summed E-state index contributed by atoms with van der Waals surface area (Å²) in [6.07, 6.45) is 3.02. The Kier molecular flexibility index (Phi) is 2.17. The molecule has 3 rings (SSSR count). The topological polar surface area (TPSA) is 83.5 Å². The van der Waals surface area contributed by atoms with E-state index in [1.807, 2.05) is 6.92 Å². The van der Waals surface area contributed by atoms with Gasteiger partial charge in [-0.15, -0.1) is 0 Å². The maximum Gasteiger partial charge on any atom is 0.330 e. The van der Waals surface area contributed by atoms with Gasteiger partial charge in [0.2, 0.25) is 0 Å². The quantitative estimate of drug-likeness (QED) is 0.805. The van der Waals surface area contributed by atoms with Crippen molar-refractivity contribution >= 4 is 11.2 Å². The summed E-state index contributed by atoms with van der Waals surface area (Å²) in [4.78, 5) is 33.0. The van der Waals surface area contributed by atoms with Crippen LogP contribution in [-0.2, 0) is 13.0 Å². The molecule has 2 aromatic heterocycles. The van der Waals surface area contributed by atoms with Gasteiger partial charge in [0.05, 0.1) is 0 Å². The van der Waals surface area contributed by atoms with Crippen LogP contribution in [0.3, 0.4) is 0 Å². The number of imidazole rings is 1. The van der Waals surface area contributed by atoms with Crippen LogP contribution in [0.25, 0.3) is 11.2 Å². The molecule has 0 aliphatic heterocycles. The largest absolute Gasteiger partial charge is 0.336 e. The molecule has 0 spiro atoms. The highest BCUT2D eigenvalue weighted by atomic mass is 16.2. The molecule has 2 aromatic rings. The Morgan fingerprint density at radius 1 is 1.35 bits per heavy atom. The lowest BCUT2D eigenvalue weighted by Crippen LogP contribution is -2.30. The van der Waals surface area contributed by atoms with Gasteiger partial charge in [-0.1, -0.05) is 6.92 Å². The van der Waals surface area contributed by atoms with Crippen LogP contribution in [-0.4, -0.2) is 19.5 Å². The van der Waals surface area contributed by atoms with Crippen LogP contribution in [0.15, 0.2) is 9.59 Å². The zero-order valence-corrected chi connectivity index (χ0v) is 9.62. The number of rotatable bonds is 3. The fourth-order valence-electron chi connectivity index (χ4n) is 1.98. The van der Waals surface area contributed by atoms with Crippen LogP contribution >= 0.6 is 0 Å². The lowest BCUT2D eigenvalue weighted by molar-refractivity contribution is 0.607. The third kappa shape index (κ3) is 1.69. The molecule has 6 nitrogen and oxygen atoms in total. The number of aromatic nitrogens is 4. The lowest BCUT2D eigenvalue weighted by atomic mass is 10.4. The van der Waals surface area contributed by atoms with Gasteiger partial charge >= 0.3 is 5.69 Å². The Hall–Kier alpha value is -1.85. The molecule has 0 saturated heterocycles. The Balaban J connectivity index is 2.26. The standard InChI is InChI=1S/C11H14N4O2/c1-2-7-12-8-9(13-7)15(5-6-3-4-6)11(17)14-10(8)16/h6H,2-5H2,1H3,(H,12,13)(H,14,16,17). The fraction of sp³-hybridized carbons (Fsp3) is 0.545. The molecule has 0 aromatic carbocycles. The van der Waals surface area contributed by atoms with E-state index < -0.39 is 0 Å². The Morgan fingerprint density at radius 3 is 2.76 bits per heavy atom. The predicted molar refractivity (Wildman–Crippen MR) is 63.1 cm³/mol. The number of hydrogen-bond donors (Lipinski definition) is 2. The molecule has 0 amide bonds. The molecule has 0 radical (unpaired) electrons. The van der Waals surface area contributed by atoms with Gasteiger partial charge in [0.25, 0.3) is 5.56 Å². The summed E-state index contributed by atoms with van der Waals surface area (Å²) in [6, 6.07) is 0. The van der Waals surface area contributed by atoms with Crippen molar-refractivity contribution in [3.8, 4) is 0 Å². The number of fused-ring (bicyclic) bond motifs is 1. The molecule has 1 fully saturated rings. The molecule has 0 atom stereocenters. The average molecular weight is 234 g/mol. The maximum absolute atomic E-state index is 11.8. The number of aromatic amines is 2. The first-order valence-electron chi connectivity index (χ1n) is 5.90. The minimum atomic E-state index is -0.385. The van der Waals surface area contributed by atoms with Crippen molar-refractivity contribution < 1.29 is 0 Å². The van der Waals surface area contributed by atoms with E-state index in [1.165, 1.54) is 0 Å². The van der Waals surface area contributed by atoms with E-state index in [2.05, 4.69) is 15.0 Å². The van der Waals surface area contributed by atoms with Crippen LogP contribution in [0.2, 0.25) is 0 Å². The first kappa shape index (κ1) is 10.3. The maximum atomic E-state index is 11.8. The van der Waals surface area contributed by atoms with Crippen molar-refractivity contribution in [1.29, 1.82) is 0 Å². The molecule has 1 aliphatic rings. The third-order valence-electron chi connectivity index (χ3n) is 3.15. The lowest BCUT2D eigenvalue weighted by Gasteiger charge is -2.03. The molecule has 0 bridgehead atoms. The van der Waals surface area contributed by atoms with Gasteiger partial charge in [-0.25, -0.2) is 9.78 Å². The second-order valence-corrected chi connectivity index (χ2v) is 4.55. The summed E-state index contributed by atoms with van der Waals surface area (Å²) in [5.74, 6) is 1.30. The van der Waals surface area contributed by atoms with Gasteiger partial charge in [0.15, 0.2) is 5.65 Å². The van der Waals surface area contributed by atoms with Crippen LogP contribution in [0, 0.1) is 5.92 Å². The average Bonchev–Trinajstić information content (AvgIpc) is 3.01. The highest BCUT2D eigenvalue weighted by molar-refractivity contribution is 5.69. The summed E-state index contributed by atoms with van der Waals surface area (Å²) in [6.45, 7) is 2.61. The van der Waals surface area contributed by atoms with Gasteiger partial charge in [-0.2, -0.15) is 0 Å². The highest BCUT2D eigenvalue weighted by Gasteiger charge is 2.24. The summed E-state index contributed by atoms with van der Waals surface area (Å²) >= 11 is 0. The Bertz CT molecular complexity index is 675. The first-order valence-corrected chi connectivity index (χ1v) is 5.90. The second-order valence-electron chi connectivity index (χ2n) is 4.55. The summed E-state index contributed by atoms with van der Waals surface area (Å²) in [5.41, 5.74) is 0.150. The van der Waals surface area contributed by atoms with E-state index in [4.69, 9.17) is 0 Å². The minimum absolute atomic E-state index is 0.358. The van der Waals surface area contributed by atoms with Crippen LogP contribution < -0.4 is 11.2 Å². The number of H-pyrrole nitrogens is 2. The molecular weight excluding hydrogens is 220 g/mol. The van der Waals surface area contributed by atoms with Gasteiger partial charge in [0.1, 0.15) is 11.3 Å². The van der Waals surface area contributed by atoms with Crippen molar-refractivity contribution in [1.82, 2.24) is 19.5 Å². The molecule has 0 unspecified atom stereocenters. The molecule has 2 heterocycles. The summed E-state index contributed by atoms with van der Waals surface area (Å²) in [5, 5.41) is 0. The molecule has 6 heteroatoms. The van der Waals surface area contributed by atoms with Gasteiger partial charge in [-0.3, -0.25) is 14.3 Å². The molecule has 90 valence electrons. The second kappa shape index (κ2) is 3.58. The zero-order valence-electron chi connectivity index (χ0n) is 9.62. The first-order chi connectivity index (χ1) is 8.19. The highest BCUT2D eigenvalue weighted by Crippen LogP contribution is 2.30. The molecule has 2 N–H and O–H groups in total. The molecule has 1 aliphatic carbocycles. The SMILES string of the molecule is CCc1nc2c([nH]1)c(=O)[nH]c(=O)n2CC1CC1. The molecule has 17 heavy (non-hydrogen) atoms. The number of aryl methyl sites for hydroxylation is 1. The smallest absolute Gasteiger partial charge is 0.330 e. The zero-order chi connectivity index (χ0) is 12.0. The van der Waals surface area contributed by atoms with Gasteiger partial charge in [-0.05, 0) is 18.8 Å². The number of hydrogen-bond acceptors (Lipinski definition) is 3. The van der Waals surface area contributed by atoms with E-state index in [-0.39, 0.29) is 11.2 Å². The van der Waals surface area contributed by atoms with E-state index in [9.17, 15) is 9.59 Å². The van der Waals surface area contributed by atoms with Gasteiger partial charge < -0.3 is 4.98 Å². The Morgan fingerprint density at radius 2 is 2.12 bits per heavy atom. The van der Waals surface area contributed by atoms with Gasteiger partial charge in [0, 0.05) is 13.0 Å². The Labute approximate surface area is 96.7 Å². The van der Waals surface area contributed by atoms with Crippen LogP contribution in [0.1, 0.15) is 25.6 Å². The third-order valence-corrected chi connectivity index (χ3v) is 3.15. The monoisotopic (exact) mass is 234 g/mol. The van der Waals surface area contributed by atoms with Crippen molar-refractivity contribution in [2.24, 2.45) is 5.92 Å². The van der Waals surface area contributed by atoms with E-state index in [0.29, 0.717) is 30.0 Å². The minimum Gasteiger partial charge on any atom is -0.336 e. The van der Waals surface area contributed by atoms with Crippen molar-refractivity contribution in [3.05, 3.63) is 26.7 Å². The van der Waals surface area contributed by atoms with Crippen LogP contribution in [0.5, 0.6) is 0 Å².